The molecule has 0 spiro atoms. The van der Waals surface area contributed by atoms with Crippen LogP contribution in [0.15, 0.2) is 6.20 Å². The van der Waals surface area contributed by atoms with Gasteiger partial charge in [-0.15, -0.1) is 0 Å². The highest BCUT2D eigenvalue weighted by Crippen LogP contribution is 2.45. The Morgan fingerprint density at radius 2 is 2.29 bits per heavy atom. The molecule has 0 aromatic carbocycles. The van der Waals surface area contributed by atoms with E-state index in [1.54, 1.807) is 13.3 Å². The van der Waals surface area contributed by atoms with E-state index in [1.165, 1.54) is 0 Å². The number of nitrogens with zero attached hydrogens (tertiary/aromatic N) is 2. The van der Waals surface area contributed by atoms with Crippen molar-refractivity contribution in [1.29, 1.82) is 0 Å². The van der Waals surface area contributed by atoms with E-state index in [2.05, 4.69) is 25.9 Å². The first kappa shape index (κ1) is 12.4. The zero-order valence-corrected chi connectivity index (χ0v) is 11.1. The molecule has 1 fully saturated rings. The third-order valence-corrected chi connectivity index (χ3v) is 3.65. The summed E-state index contributed by atoms with van der Waals surface area (Å²) < 4.78 is 7.23. The Morgan fingerprint density at radius 3 is 2.76 bits per heavy atom. The molecule has 0 amide bonds. The molecule has 17 heavy (non-hydrogen) atoms. The van der Waals surface area contributed by atoms with E-state index in [1.807, 2.05) is 4.68 Å². The molecule has 0 radical (unpaired) electrons. The van der Waals surface area contributed by atoms with Crippen LogP contribution in [0.1, 0.15) is 51.8 Å². The lowest BCUT2D eigenvalue weighted by Gasteiger charge is -2.26. The average molecular weight is 238 g/mol. The number of rotatable bonds is 3. The number of hydrogen-bond acceptors (Lipinski definition) is 3. The predicted molar refractivity (Wildman–Crippen MR) is 66.1 cm³/mol. The fourth-order valence-corrected chi connectivity index (χ4v) is 2.81. The summed E-state index contributed by atoms with van der Waals surface area (Å²) in [4.78, 5) is 0. The highest BCUT2D eigenvalue weighted by Gasteiger charge is 2.42. The third-order valence-electron chi connectivity index (χ3n) is 3.65. The van der Waals surface area contributed by atoms with Crippen molar-refractivity contribution >= 4 is 0 Å². The van der Waals surface area contributed by atoms with Gasteiger partial charge in [0, 0.05) is 6.04 Å². The van der Waals surface area contributed by atoms with Crippen molar-refractivity contribution in [1.82, 2.24) is 9.78 Å². The Hall–Kier alpha value is -1.03. The van der Waals surface area contributed by atoms with Crippen LogP contribution in [0.5, 0.6) is 5.75 Å². The van der Waals surface area contributed by atoms with Crippen molar-refractivity contribution in [2.24, 2.45) is 5.92 Å². The molecule has 96 valence electrons. The number of hydrogen-bond donors (Lipinski definition) is 1. The molecule has 1 N–H and O–H groups in total. The minimum atomic E-state index is -0.772. The van der Waals surface area contributed by atoms with Gasteiger partial charge in [-0.25, -0.2) is 0 Å². The Balaban J connectivity index is 2.45. The van der Waals surface area contributed by atoms with Crippen LogP contribution in [0.25, 0.3) is 0 Å². The molecule has 0 aliphatic heterocycles. The first-order valence-corrected chi connectivity index (χ1v) is 6.32. The van der Waals surface area contributed by atoms with E-state index in [9.17, 15) is 5.11 Å². The highest BCUT2D eigenvalue weighted by molar-refractivity contribution is 5.32. The number of ether oxygens (including phenoxy) is 1. The SMILES string of the molecule is COc1cnn(C(C)C)c1C1(O)CCC(C)C1. The van der Waals surface area contributed by atoms with Gasteiger partial charge in [0.05, 0.1) is 13.3 Å². The number of aromatic nitrogens is 2. The maximum atomic E-state index is 10.8. The number of methoxy groups -OCH3 is 1. The lowest BCUT2D eigenvalue weighted by Crippen LogP contribution is -2.27. The summed E-state index contributed by atoms with van der Waals surface area (Å²) in [6.07, 6.45) is 4.35. The van der Waals surface area contributed by atoms with Crippen molar-refractivity contribution in [2.75, 3.05) is 7.11 Å². The zero-order valence-electron chi connectivity index (χ0n) is 11.1. The summed E-state index contributed by atoms with van der Waals surface area (Å²) >= 11 is 0. The van der Waals surface area contributed by atoms with Gasteiger partial charge in [-0.05, 0) is 39.0 Å². The fraction of sp³-hybridized carbons (Fsp3) is 0.769. The van der Waals surface area contributed by atoms with Crippen LogP contribution in [-0.4, -0.2) is 22.0 Å². The molecular formula is C13H22N2O2. The van der Waals surface area contributed by atoms with Crippen LogP contribution < -0.4 is 4.74 Å². The molecule has 2 atom stereocenters. The van der Waals surface area contributed by atoms with Gasteiger partial charge in [-0.2, -0.15) is 5.10 Å². The summed E-state index contributed by atoms with van der Waals surface area (Å²) in [5.41, 5.74) is 0.0743. The molecule has 0 bridgehead atoms. The molecular weight excluding hydrogens is 216 g/mol. The van der Waals surface area contributed by atoms with Gasteiger partial charge in [-0.1, -0.05) is 6.92 Å². The Morgan fingerprint density at radius 1 is 1.59 bits per heavy atom. The molecule has 1 aromatic heterocycles. The topological polar surface area (TPSA) is 47.3 Å². The van der Waals surface area contributed by atoms with Gasteiger partial charge in [-0.3, -0.25) is 4.68 Å². The van der Waals surface area contributed by atoms with E-state index in [0.29, 0.717) is 11.7 Å². The van der Waals surface area contributed by atoms with Crippen molar-refractivity contribution in [3.63, 3.8) is 0 Å². The predicted octanol–water partition coefficient (Wildman–Crippen LogP) is 2.48. The third kappa shape index (κ3) is 2.06. The second kappa shape index (κ2) is 4.33. The van der Waals surface area contributed by atoms with Gasteiger partial charge in [0.25, 0.3) is 0 Å². The van der Waals surface area contributed by atoms with Crippen LogP contribution in [0.4, 0.5) is 0 Å². The van der Waals surface area contributed by atoms with Gasteiger partial charge in [0.15, 0.2) is 5.75 Å². The first-order valence-electron chi connectivity index (χ1n) is 6.32. The molecule has 1 heterocycles. The Kier molecular flexibility index (Phi) is 3.17. The Bertz CT molecular complexity index is 400. The van der Waals surface area contributed by atoms with Crippen LogP contribution in [0.3, 0.4) is 0 Å². The molecule has 1 aromatic rings. The van der Waals surface area contributed by atoms with E-state index >= 15 is 0 Å². The van der Waals surface area contributed by atoms with Gasteiger partial charge >= 0.3 is 0 Å². The van der Waals surface area contributed by atoms with Crippen molar-refractivity contribution in [3.8, 4) is 5.75 Å². The summed E-state index contributed by atoms with van der Waals surface area (Å²) in [5, 5.41) is 15.2. The maximum absolute atomic E-state index is 10.8. The molecule has 1 aliphatic rings. The summed E-state index contributed by atoms with van der Waals surface area (Å²) in [6, 6.07) is 0.230. The van der Waals surface area contributed by atoms with Gasteiger partial charge < -0.3 is 9.84 Å². The van der Waals surface area contributed by atoms with E-state index in [-0.39, 0.29) is 6.04 Å². The summed E-state index contributed by atoms with van der Waals surface area (Å²) in [5.74, 6) is 1.26. The second-order valence-electron chi connectivity index (χ2n) is 5.48. The van der Waals surface area contributed by atoms with Gasteiger partial charge in [0.2, 0.25) is 0 Å². The van der Waals surface area contributed by atoms with Crippen LogP contribution >= 0.6 is 0 Å². The summed E-state index contributed by atoms with van der Waals surface area (Å²) in [6.45, 7) is 6.32. The van der Waals surface area contributed by atoms with E-state index < -0.39 is 5.60 Å². The molecule has 0 saturated heterocycles. The van der Waals surface area contributed by atoms with E-state index in [0.717, 1.165) is 25.0 Å². The molecule has 2 unspecified atom stereocenters. The van der Waals surface area contributed by atoms with Crippen LogP contribution in [0, 0.1) is 5.92 Å². The second-order valence-corrected chi connectivity index (χ2v) is 5.48. The van der Waals surface area contributed by atoms with Gasteiger partial charge in [0.1, 0.15) is 11.3 Å². The lowest BCUT2D eigenvalue weighted by atomic mass is 9.95. The smallest absolute Gasteiger partial charge is 0.162 e. The minimum absolute atomic E-state index is 0.230. The number of aliphatic hydroxyl groups is 1. The molecule has 1 aliphatic carbocycles. The fourth-order valence-electron chi connectivity index (χ4n) is 2.81. The molecule has 2 rings (SSSR count). The van der Waals surface area contributed by atoms with Crippen molar-refractivity contribution in [2.45, 2.75) is 51.7 Å². The monoisotopic (exact) mass is 238 g/mol. The average Bonchev–Trinajstić information content (AvgIpc) is 2.82. The van der Waals surface area contributed by atoms with Crippen molar-refractivity contribution in [3.05, 3.63) is 11.9 Å². The molecule has 4 nitrogen and oxygen atoms in total. The summed E-state index contributed by atoms with van der Waals surface area (Å²) in [7, 11) is 1.63. The zero-order chi connectivity index (χ0) is 12.6. The maximum Gasteiger partial charge on any atom is 0.162 e. The highest BCUT2D eigenvalue weighted by atomic mass is 16.5. The quantitative estimate of drug-likeness (QED) is 0.880. The van der Waals surface area contributed by atoms with Crippen LogP contribution in [-0.2, 0) is 5.60 Å². The minimum Gasteiger partial charge on any atom is -0.493 e. The van der Waals surface area contributed by atoms with Crippen molar-refractivity contribution < 1.29 is 9.84 Å². The molecule has 1 saturated carbocycles. The normalized spacial score (nSPS) is 28.9. The lowest BCUT2D eigenvalue weighted by molar-refractivity contribution is 0.0278. The Labute approximate surface area is 103 Å². The standard InChI is InChI=1S/C13H22N2O2/c1-9(2)15-12(11(17-4)8-14-15)13(16)6-5-10(3)7-13/h8-10,16H,5-7H2,1-4H3. The largest absolute Gasteiger partial charge is 0.493 e. The first-order chi connectivity index (χ1) is 7.98. The molecule has 4 heteroatoms. The van der Waals surface area contributed by atoms with Crippen LogP contribution in [0.2, 0.25) is 0 Å². The van der Waals surface area contributed by atoms with E-state index in [4.69, 9.17) is 4.74 Å².